The van der Waals surface area contributed by atoms with E-state index in [-0.39, 0.29) is 0 Å². The van der Waals surface area contributed by atoms with Gasteiger partial charge in [-0.2, -0.15) is 0 Å². The van der Waals surface area contributed by atoms with Crippen molar-refractivity contribution in [3.8, 4) is 0 Å². The molecule has 0 heterocycles. The Kier molecular flexibility index (Phi) is 6.70. The maximum absolute atomic E-state index is 3.46. The summed E-state index contributed by atoms with van der Waals surface area (Å²) in [4.78, 5) is 2.47. The van der Waals surface area contributed by atoms with Crippen molar-refractivity contribution in [2.45, 2.75) is 53.1 Å². The van der Waals surface area contributed by atoms with Gasteiger partial charge in [0.25, 0.3) is 0 Å². The van der Waals surface area contributed by atoms with E-state index in [0.29, 0.717) is 12.1 Å². The van der Waals surface area contributed by atoms with Crippen molar-refractivity contribution < 1.29 is 0 Å². The predicted octanol–water partition coefficient (Wildman–Crippen LogP) is 3.93. The van der Waals surface area contributed by atoms with Crippen LogP contribution in [-0.2, 0) is 0 Å². The van der Waals surface area contributed by atoms with Gasteiger partial charge in [-0.15, -0.1) is 0 Å². The number of likely N-dealkylation sites (N-methyl/N-ethyl adjacent to an activating group) is 2. The summed E-state index contributed by atoms with van der Waals surface area (Å²) >= 11 is 0. The number of hydrogen-bond acceptors (Lipinski definition) is 2. The van der Waals surface area contributed by atoms with Crippen LogP contribution in [0.5, 0.6) is 0 Å². The molecule has 1 N–H and O–H groups in total. The number of benzene rings is 1. The number of hydrogen-bond donors (Lipinski definition) is 1. The number of aryl methyl sites for hydroxylation is 2. The van der Waals surface area contributed by atoms with Crippen LogP contribution in [0.4, 0.5) is 0 Å². The van der Waals surface area contributed by atoms with E-state index in [0.717, 1.165) is 12.5 Å². The highest BCUT2D eigenvalue weighted by Gasteiger charge is 2.17. The molecular formula is C18H32N2. The lowest BCUT2D eigenvalue weighted by Gasteiger charge is -2.30. The molecule has 0 fully saturated rings. The number of nitrogens with one attached hydrogen (secondary N) is 1. The molecule has 2 heteroatoms. The summed E-state index contributed by atoms with van der Waals surface area (Å²) in [6.45, 7) is 12.3. The van der Waals surface area contributed by atoms with E-state index < -0.39 is 0 Å². The van der Waals surface area contributed by atoms with Crippen LogP contribution in [0.25, 0.3) is 0 Å². The Labute approximate surface area is 125 Å². The Morgan fingerprint density at radius 2 is 1.75 bits per heavy atom. The summed E-state index contributed by atoms with van der Waals surface area (Å²) in [7, 11) is 4.29. The van der Waals surface area contributed by atoms with Gasteiger partial charge in [-0.25, -0.2) is 0 Å². The summed E-state index contributed by atoms with van der Waals surface area (Å²) in [5.74, 6) is 0.752. The Morgan fingerprint density at radius 3 is 2.25 bits per heavy atom. The third-order valence-electron chi connectivity index (χ3n) is 4.32. The highest BCUT2D eigenvalue weighted by molar-refractivity contribution is 5.31. The van der Waals surface area contributed by atoms with E-state index in [1.54, 1.807) is 0 Å². The van der Waals surface area contributed by atoms with Crippen LogP contribution in [0, 0.1) is 19.8 Å². The Morgan fingerprint density at radius 1 is 1.10 bits per heavy atom. The minimum atomic E-state index is 0.397. The standard InChI is InChI=1S/C18H32N2/c1-13(2)10-16(5)20(7)12-18(19-6)17-9-8-14(3)15(4)11-17/h8-9,11,13,16,18-19H,10,12H2,1-7H3. The maximum atomic E-state index is 3.46. The third-order valence-corrected chi connectivity index (χ3v) is 4.32. The Hall–Kier alpha value is -0.860. The van der Waals surface area contributed by atoms with E-state index >= 15 is 0 Å². The predicted molar refractivity (Wildman–Crippen MR) is 89.3 cm³/mol. The Bertz CT molecular complexity index is 412. The minimum Gasteiger partial charge on any atom is -0.312 e. The van der Waals surface area contributed by atoms with Crippen LogP contribution >= 0.6 is 0 Å². The largest absolute Gasteiger partial charge is 0.312 e. The lowest BCUT2D eigenvalue weighted by atomic mass is 9.99. The first kappa shape index (κ1) is 17.2. The third kappa shape index (κ3) is 4.92. The highest BCUT2D eigenvalue weighted by Crippen LogP contribution is 2.19. The van der Waals surface area contributed by atoms with Gasteiger partial charge in [0.15, 0.2) is 0 Å². The summed E-state index contributed by atoms with van der Waals surface area (Å²) < 4.78 is 0. The van der Waals surface area contributed by atoms with Gasteiger partial charge in [-0.05, 0) is 63.9 Å². The van der Waals surface area contributed by atoms with E-state index in [4.69, 9.17) is 0 Å². The van der Waals surface area contributed by atoms with Crippen LogP contribution in [-0.4, -0.2) is 31.6 Å². The van der Waals surface area contributed by atoms with E-state index in [9.17, 15) is 0 Å². The molecule has 2 atom stereocenters. The zero-order valence-electron chi connectivity index (χ0n) is 14.3. The number of rotatable bonds is 7. The normalized spacial score (nSPS) is 14.8. The van der Waals surface area contributed by atoms with Gasteiger partial charge >= 0.3 is 0 Å². The molecule has 0 aromatic heterocycles. The van der Waals surface area contributed by atoms with Crippen molar-refractivity contribution in [1.29, 1.82) is 0 Å². The molecule has 2 nitrogen and oxygen atoms in total. The first-order chi connectivity index (χ1) is 9.35. The molecule has 0 saturated heterocycles. The maximum Gasteiger partial charge on any atom is 0.0446 e. The first-order valence-corrected chi connectivity index (χ1v) is 7.79. The first-order valence-electron chi connectivity index (χ1n) is 7.79. The van der Waals surface area contributed by atoms with E-state index in [2.05, 4.69) is 77.1 Å². The molecule has 0 aliphatic heterocycles. The topological polar surface area (TPSA) is 15.3 Å². The fraction of sp³-hybridized carbons (Fsp3) is 0.667. The zero-order chi connectivity index (χ0) is 15.3. The smallest absolute Gasteiger partial charge is 0.0446 e. The second-order valence-electron chi connectivity index (χ2n) is 6.60. The van der Waals surface area contributed by atoms with Gasteiger partial charge in [-0.1, -0.05) is 32.0 Å². The molecular weight excluding hydrogens is 244 g/mol. The van der Waals surface area contributed by atoms with Crippen LogP contribution in [0.1, 0.15) is 49.9 Å². The molecule has 114 valence electrons. The van der Waals surface area contributed by atoms with Crippen LogP contribution in [0.15, 0.2) is 18.2 Å². The van der Waals surface area contributed by atoms with Gasteiger partial charge in [-0.3, -0.25) is 0 Å². The molecule has 0 aliphatic rings. The average Bonchev–Trinajstić information content (AvgIpc) is 2.38. The molecule has 1 aromatic rings. The molecule has 0 amide bonds. The van der Waals surface area contributed by atoms with Gasteiger partial charge in [0.1, 0.15) is 0 Å². The monoisotopic (exact) mass is 276 g/mol. The second kappa shape index (κ2) is 7.80. The Balaban J connectivity index is 2.73. The van der Waals surface area contributed by atoms with E-state index in [1.807, 2.05) is 0 Å². The van der Waals surface area contributed by atoms with Gasteiger partial charge in [0.05, 0.1) is 0 Å². The molecule has 0 radical (unpaired) electrons. The van der Waals surface area contributed by atoms with E-state index in [1.165, 1.54) is 23.1 Å². The van der Waals surface area contributed by atoms with Crippen molar-refractivity contribution in [1.82, 2.24) is 10.2 Å². The zero-order valence-corrected chi connectivity index (χ0v) is 14.3. The molecule has 1 rings (SSSR count). The number of nitrogens with zero attached hydrogens (tertiary/aromatic N) is 1. The molecule has 2 unspecified atom stereocenters. The molecule has 20 heavy (non-hydrogen) atoms. The van der Waals surface area contributed by atoms with Crippen molar-refractivity contribution in [3.05, 3.63) is 34.9 Å². The van der Waals surface area contributed by atoms with Crippen LogP contribution in [0.3, 0.4) is 0 Å². The van der Waals surface area contributed by atoms with Crippen molar-refractivity contribution in [2.24, 2.45) is 5.92 Å². The van der Waals surface area contributed by atoms with Crippen molar-refractivity contribution >= 4 is 0 Å². The van der Waals surface area contributed by atoms with Crippen LogP contribution in [0.2, 0.25) is 0 Å². The lowest BCUT2D eigenvalue weighted by molar-refractivity contribution is 0.208. The molecule has 0 aliphatic carbocycles. The molecule has 0 spiro atoms. The lowest BCUT2D eigenvalue weighted by Crippen LogP contribution is -2.37. The highest BCUT2D eigenvalue weighted by atomic mass is 15.1. The quantitative estimate of drug-likeness (QED) is 0.811. The average molecular weight is 276 g/mol. The summed E-state index contributed by atoms with van der Waals surface area (Å²) in [6.07, 6.45) is 1.25. The summed E-state index contributed by atoms with van der Waals surface area (Å²) in [5, 5.41) is 3.46. The van der Waals surface area contributed by atoms with Gasteiger partial charge in [0.2, 0.25) is 0 Å². The summed E-state index contributed by atoms with van der Waals surface area (Å²) in [5.41, 5.74) is 4.13. The van der Waals surface area contributed by atoms with Crippen LogP contribution < -0.4 is 5.32 Å². The molecule has 0 bridgehead atoms. The van der Waals surface area contributed by atoms with Gasteiger partial charge < -0.3 is 10.2 Å². The van der Waals surface area contributed by atoms with Crippen molar-refractivity contribution in [2.75, 3.05) is 20.6 Å². The second-order valence-corrected chi connectivity index (χ2v) is 6.60. The van der Waals surface area contributed by atoms with Gasteiger partial charge in [0, 0.05) is 18.6 Å². The summed E-state index contributed by atoms with van der Waals surface area (Å²) in [6, 6.07) is 7.82. The van der Waals surface area contributed by atoms with Crippen molar-refractivity contribution in [3.63, 3.8) is 0 Å². The SMILES string of the molecule is CNC(CN(C)C(C)CC(C)C)c1ccc(C)c(C)c1. The molecule has 1 aromatic carbocycles. The minimum absolute atomic E-state index is 0.397. The molecule has 0 saturated carbocycles. The fourth-order valence-corrected chi connectivity index (χ4v) is 2.67. The fourth-order valence-electron chi connectivity index (χ4n) is 2.67.